The molecule has 2 amide bonds. The molecule has 1 aromatic carbocycles. The van der Waals surface area contributed by atoms with Gasteiger partial charge < -0.3 is 15.7 Å². The largest absolute Gasteiger partial charge is 0.480 e. The number of benzene rings is 1. The van der Waals surface area contributed by atoms with Gasteiger partial charge in [0.15, 0.2) is 0 Å². The lowest BCUT2D eigenvalue weighted by Crippen LogP contribution is -2.56. The maximum atomic E-state index is 12.4. The molecule has 0 bridgehead atoms. The third-order valence-electron chi connectivity index (χ3n) is 4.65. The van der Waals surface area contributed by atoms with Gasteiger partial charge in [-0.15, -0.1) is 0 Å². The van der Waals surface area contributed by atoms with E-state index in [1.165, 1.54) is 6.92 Å². The van der Waals surface area contributed by atoms with Crippen molar-refractivity contribution in [3.05, 3.63) is 35.4 Å². The molecular weight excluding hydrogens is 308 g/mol. The molecule has 1 saturated carbocycles. The Kier molecular flexibility index (Phi) is 5.59. The molecule has 0 saturated heterocycles. The maximum absolute atomic E-state index is 12.4. The number of nitrogens with one attached hydrogen (secondary N) is 2. The molecule has 0 unspecified atom stereocenters. The number of carbonyl (C=O) groups excluding carboxylic acids is 2. The normalized spacial score (nSPS) is 23.3. The number of aliphatic carboxylic acids is 1. The van der Waals surface area contributed by atoms with Crippen molar-refractivity contribution >= 4 is 17.8 Å². The highest BCUT2D eigenvalue weighted by atomic mass is 16.4. The molecule has 3 N–H and O–H groups in total. The minimum atomic E-state index is -1.17. The standard InChI is InChI=1S/C18H24N2O4/c1-12-7-9-18(10-8-12,17(23)24)20-16(22)15-5-3-14(4-6-15)11-19-13(2)21/h3-6,12H,7-11H2,1-2H3,(H,19,21)(H,20,22)(H,23,24). The van der Waals surface area contributed by atoms with Crippen LogP contribution in [0.5, 0.6) is 0 Å². The summed E-state index contributed by atoms with van der Waals surface area (Å²) in [5.41, 5.74) is 0.125. The second-order valence-electron chi connectivity index (χ2n) is 6.63. The van der Waals surface area contributed by atoms with Crippen molar-refractivity contribution in [1.29, 1.82) is 0 Å². The second-order valence-corrected chi connectivity index (χ2v) is 6.63. The van der Waals surface area contributed by atoms with Gasteiger partial charge in [-0.1, -0.05) is 19.1 Å². The summed E-state index contributed by atoms with van der Waals surface area (Å²) in [6.45, 7) is 3.94. The van der Waals surface area contributed by atoms with Crippen LogP contribution in [-0.2, 0) is 16.1 Å². The van der Waals surface area contributed by atoms with Crippen molar-refractivity contribution in [2.75, 3.05) is 0 Å². The fraction of sp³-hybridized carbons (Fsp3) is 0.500. The highest BCUT2D eigenvalue weighted by Gasteiger charge is 2.42. The van der Waals surface area contributed by atoms with Gasteiger partial charge in [-0.2, -0.15) is 0 Å². The van der Waals surface area contributed by atoms with Crippen LogP contribution < -0.4 is 10.6 Å². The molecule has 0 atom stereocenters. The van der Waals surface area contributed by atoms with E-state index in [1.54, 1.807) is 24.3 Å². The number of carboxylic acid groups (broad SMARTS) is 1. The summed E-state index contributed by atoms with van der Waals surface area (Å²) in [5.74, 6) is -0.975. The Morgan fingerprint density at radius 2 is 1.75 bits per heavy atom. The first-order valence-corrected chi connectivity index (χ1v) is 8.22. The fourth-order valence-electron chi connectivity index (χ4n) is 2.94. The van der Waals surface area contributed by atoms with Crippen molar-refractivity contribution < 1.29 is 19.5 Å². The monoisotopic (exact) mass is 332 g/mol. The topological polar surface area (TPSA) is 95.5 Å². The first kappa shape index (κ1) is 18.0. The van der Waals surface area contributed by atoms with Gasteiger partial charge in [0.1, 0.15) is 5.54 Å². The summed E-state index contributed by atoms with van der Waals surface area (Å²) in [6.07, 6.45) is 2.50. The van der Waals surface area contributed by atoms with Crippen molar-refractivity contribution in [3.8, 4) is 0 Å². The summed E-state index contributed by atoms with van der Waals surface area (Å²) < 4.78 is 0. The number of hydrogen-bond acceptors (Lipinski definition) is 3. The minimum Gasteiger partial charge on any atom is -0.480 e. The molecule has 6 nitrogen and oxygen atoms in total. The van der Waals surface area contributed by atoms with Crippen LogP contribution in [0.3, 0.4) is 0 Å². The molecule has 0 aliphatic heterocycles. The number of hydrogen-bond donors (Lipinski definition) is 3. The minimum absolute atomic E-state index is 0.119. The van der Waals surface area contributed by atoms with E-state index < -0.39 is 11.5 Å². The lowest BCUT2D eigenvalue weighted by molar-refractivity contribution is -0.146. The van der Waals surface area contributed by atoms with E-state index in [1.807, 2.05) is 0 Å². The van der Waals surface area contributed by atoms with Crippen LogP contribution in [0.25, 0.3) is 0 Å². The van der Waals surface area contributed by atoms with E-state index in [0.717, 1.165) is 18.4 Å². The average Bonchev–Trinajstić information content (AvgIpc) is 2.55. The van der Waals surface area contributed by atoms with Gasteiger partial charge in [0, 0.05) is 19.0 Å². The van der Waals surface area contributed by atoms with Crippen molar-refractivity contribution in [1.82, 2.24) is 10.6 Å². The van der Waals surface area contributed by atoms with Crippen LogP contribution in [0.15, 0.2) is 24.3 Å². The molecule has 1 aliphatic rings. The predicted octanol–water partition coefficient (Wildman–Crippen LogP) is 2.09. The average molecular weight is 332 g/mol. The Balaban J connectivity index is 2.05. The summed E-state index contributed by atoms with van der Waals surface area (Å²) in [7, 11) is 0. The van der Waals surface area contributed by atoms with E-state index in [-0.39, 0.29) is 11.8 Å². The lowest BCUT2D eigenvalue weighted by Gasteiger charge is -2.36. The SMILES string of the molecule is CC(=O)NCc1ccc(C(=O)NC2(C(=O)O)CCC(C)CC2)cc1. The van der Waals surface area contributed by atoms with Crippen molar-refractivity contribution in [2.24, 2.45) is 5.92 Å². The molecular formula is C18H24N2O4. The molecule has 0 spiro atoms. The van der Waals surface area contributed by atoms with Crippen LogP contribution >= 0.6 is 0 Å². The Labute approximate surface area is 141 Å². The van der Waals surface area contributed by atoms with Gasteiger partial charge in [0.25, 0.3) is 5.91 Å². The fourth-order valence-corrected chi connectivity index (χ4v) is 2.94. The van der Waals surface area contributed by atoms with E-state index in [9.17, 15) is 19.5 Å². The Bertz CT molecular complexity index is 616. The zero-order chi connectivity index (χ0) is 17.7. The third kappa shape index (κ3) is 4.34. The van der Waals surface area contributed by atoms with Gasteiger partial charge in [0.2, 0.25) is 5.91 Å². The number of amides is 2. The third-order valence-corrected chi connectivity index (χ3v) is 4.65. The zero-order valence-electron chi connectivity index (χ0n) is 14.1. The molecule has 1 aromatic rings. The van der Waals surface area contributed by atoms with Gasteiger partial charge in [-0.25, -0.2) is 4.79 Å². The molecule has 2 rings (SSSR count). The smallest absolute Gasteiger partial charge is 0.329 e. The van der Waals surface area contributed by atoms with Crippen LogP contribution in [0, 0.1) is 5.92 Å². The summed E-state index contributed by atoms with van der Waals surface area (Å²) in [4.78, 5) is 35.0. The molecule has 1 aliphatic carbocycles. The zero-order valence-corrected chi connectivity index (χ0v) is 14.1. The molecule has 0 radical (unpaired) electrons. The van der Waals surface area contributed by atoms with Gasteiger partial charge in [0.05, 0.1) is 0 Å². The molecule has 24 heavy (non-hydrogen) atoms. The predicted molar refractivity (Wildman–Crippen MR) is 89.4 cm³/mol. The van der Waals surface area contributed by atoms with E-state index in [2.05, 4.69) is 17.6 Å². The Hall–Kier alpha value is -2.37. The number of carboxylic acids is 1. The highest BCUT2D eigenvalue weighted by molar-refractivity contribution is 5.98. The summed E-state index contributed by atoms with van der Waals surface area (Å²) in [5, 5.41) is 15.0. The summed E-state index contributed by atoms with van der Waals surface area (Å²) in [6, 6.07) is 6.80. The van der Waals surface area contributed by atoms with Crippen LogP contribution in [0.1, 0.15) is 55.5 Å². The van der Waals surface area contributed by atoms with Gasteiger partial charge in [-0.05, 0) is 49.3 Å². The highest BCUT2D eigenvalue weighted by Crippen LogP contribution is 2.32. The van der Waals surface area contributed by atoms with Gasteiger partial charge in [-0.3, -0.25) is 9.59 Å². The molecule has 0 aromatic heterocycles. The van der Waals surface area contributed by atoms with Crippen LogP contribution in [-0.4, -0.2) is 28.4 Å². The van der Waals surface area contributed by atoms with Crippen LogP contribution in [0.4, 0.5) is 0 Å². The van der Waals surface area contributed by atoms with E-state index in [4.69, 9.17) is 0 Å². The number of rotatable bonds is 5. The Morgan fingerprint density at radius 1 is 1.17 bits per heavy atom. The first-order valence-electron chi connectivity index (χ1n) is 8.22. The van der Waals surface area contributed by atoms with Crippen molar-refractivity contribution in [2.45, 2.75) is 51.6 Å². The summed E-state index contributed by atoms with van der Waals surface area (Å²) >= 11 is 0. The van der Waals surface area contributed by atoms with Crippen molar-refractivity contribution in [3.63, 3.8) is 0 Å². The molecule has 1 fully saturated rings. The Morgan fingerprint density at radius 3 is 2.25 bits per heavy atom. The maximum Gasteiger partial charge on any atom is 0.329 e. The first-order chi connectivity index (χ1) is 11.3. The second kappa shape index (κ2) is 7.47. The van der Waals surface area contributed by atoms with E-state index >= 15 is 0 Å². The lowest BCUT2D eigenvalue weighted by atomic mass is 9.77. The van der Waals surface area contributed by atoms with E-state index in [0.29, 0.717) is 30.9 Å². The van der Waals surface area contributed by atoms with Gasteiger partial charge >= 0.3 is 5.97 Å². The quantitative estimate of drug-likeness (QED) is 0.769. The molecule has 6 heteroatoms. The number of carbonyl (C=O) groups is 3. The van der Waals surface area contributed by atoms with Crippen LogP contribution in [0.2, 0.25) is 0 Å². The molecule has 130 valence electrons. The molecule has 0 heterocycles.